The van der Waals surface area contributed by atoms with E-state index in [2.05, 4.69) is 43.0 Å². The highest BCUT2D eigenvalue weighted by Crippen LogP contribution is 2.22. The van der Waals surface area contributed by atoms with E-state index in [9.17, 15) is 0 Å². The zero-order valence-corrected chi connectivity index (χ0v) is 11.6. The molecule has 96 valence electrons. The lowest BCUT2D eigenvalue weighted by Gasteiger charge is -2.28. The highest BCUT2D eigenvalue weighted by atomic mass is 16.5. The minimum atomic E-state index is 0.123. The summed E-state index contributed by atoms with van der Waals surface area (Å²) >= 11 is 0. The molecule has 0 bridgehead atoms. The third-order valence-electron chi connectivity index (χ3n) is 2.66. The number of nitrogens with zero attached hydrogens (tertiary/aromatic N) is 2. The van der Waals surface area contributed by atoms with Crippen molar-refractivity contribution in [1.29, 1.82) is 0 Å². The van der Waals surface area contributed by atoms with Gasteiger partial charge < -0.3 is 10.1 Å². The quantitative estimate of drug-likeness (QED) is 0.874. The number of anilines is 1. The lowest BCUT2D eigenvalue weighted by atomic mass is 9.88. The Morgan fingerprint density at radius 2 is 1.82 bits per heavy atom. The monoisotopic (exact) mass is 237 g/mol. The van der Waals surface area contributed by atoms with Crippen LogP contribution in [0.25, 0.3) is 0 Å². The van der Waals surface area contributed by atoms with Gasteiger partial charge in [0.05, 0.1) is 6.10 Å². The van der Waals surface area contributed by atoms with Crippen molar-refractivity contribution in [3.05, 3.63) is 12.4 Å². The topological polar surface area (TPSA) is 47.0 Å². The maximum atomic E-state index is 5.53. The SMILES string of the molecule is CC(C)Oc1cc(NC(C)C(C)(C)C)ncn1. The van der Waals surface area contributed by atoms with Crippen LogP contribution in [0.1, 0.15) is 41.5 Å². The molecule has 0 amide bonds. The van der Waals surface area contributed by atoms with E-state index in [0.717, 1.165) is 5.82 Å². The molecule has 1 unspecified atom stereocenters. The van der Waals surface area contributed by atoms with Gasteiger partial charge in [-0.3, -0.25) is 0 Å². The molecule has 1 aromatic heterocycles. The van der Waals surface area contributed by atoms with Crippen LogP contribution >= 0.6 is 0 Å². The van der Waals surface area contributed by atoms with Crippen LogP contribution in [0.15, 0.2) is 12.4 Å². The first-order valence-corrected chi connectivity index (χ1v) is 6.04. The molecule has 0 saturated carbocycles. The predicted molar refractivity (Wildman–Crippen MR) is 70.3 cm³/mol. The van der Waals surface area contributed by atoms with Crippen LogP contribution in [0.5, 0.6) is 5.88 Å². The highest BCUT2D eigenvalue weighted by Gasteiger charge is 2.20. The van der Waals surface area contributed by atoms with Crippen molar-refractivity contribution in [2.75, 3.05) is 5.32 Å². The van der Waals surface area contributed by atoms with Gasteiger partial charge in [-0.25, -0.2) is 9.97 Å². The third kappa shape index (κ3) is 4.59. The summed E-state index contributed by atoms with van der Waals surface area (Å²) in [5.41, 5.74) is 0.185. The van der Waals surface area contributed by atoms with Crippen molar-refractivity contribution in [3.8, 4) is 5.88 Å². The minimum Gasteiger partial charge on any atom is -0.475 e. The average molecular weight is 237 g/mol. The Labute approximate surface area is 104 Å². The van der Waals surface area contributed by atoms with Crippen LogP contribution in [0.2, 0.25) is 0 Å². The van der Waals surface area contributed by atoms with Crippen molar-refractivity contribution in [2.45, 2.75) is 53.7 Å². The molecule has 1 N–H and O–H groups in total. The highest BCUT2D eigenvalue weighted by molar-refractivity contribution is 5.38. The number of ether oxygens (including phenoxy) is 1. The zero-order valence-electron chi connectivity index (χ0n) is 11.6. The van der Waals surface area contributed by atoms with Gasteiger partial charge >= 0.3 is 0 Å². The van der Waals surface area contributed by atoms with Gasteiger partial charge in [-0.05, 0) is 26.2 Å². The lowest BCUT2D eigenvalue weighted by Crippen LogP contribution is -2.31. The first kappa shape index (κ1) is 13.7. The summed E-state index contributed by atoms with van der Waals surface area (Å²) in [7, 11) is 0. The van der Waals surface area contributed by atoms with Crippen LogP contribution in [-0.2, 0) is 0 Å². The summed E-state index contributed by atoms with van der Waals surface area (Å²) in [4.78, 5) is 8.27. The van der Waals surface area contributed by atoms with E-state index in [-0.39, 0.29) is 11.5 Å². The Kier molecular flexibility index (Phi) is 4.32. The van der Waals surface area contributed by atoms with E-state index in [0.29, 0.717) is 11.9 Å². The third-order valence-corrected chi connectivity index (χ3v) is 2.66. The van der Waals surface area contributed by atoms with Gasteiger partial charge in [-0.15, -0.1) is 0 Å². The predicted octanol–water partition coefficient (Wildman–Crippen LogP) is 3.11. The summed E-state index contributed by atoms with van der Waals surface area (Å²) in [5, 5.41) is 3.36. The van der Waals surface area contributed by atoms with E-state index < -0.39 is 0 Å². The Hall–Kier alpha value is -1.32. The van der Waals surface area contributed by atoms with Gasteiger partial charge in [0.15, 0.2) is 0 Å². The summed E-state index contributed by atoms with van der Waals surface area (Å²) in [5.74, 6) is 1.41. The lowest BCUT2D eigenvalue weighted by molar-refractivity contribution is 0.232. The second-order valence-corrected chi connectivity index (χ2v) is 5.64. The van der Waals surface area contributed by atoms with E-state index in [1.54, 1.807) is 0 Å². The minimum absolute atomic E-state index is 0.123. The van der Waals surface area contributed by atoms with Gasteiger partial charge in [0.1, 0.15) is 12.1 Å². The summed E-state index contributed by atoms with van der Waals surface area (Å²) in [6, 6.07) is 2.16. The standard InChI is InChI=1S/C13H23N3O/c1-9(2)17-12-7-11(14-8-15-12)16-10(3)13(4,5)6/h7-10H,1-6H3,(H,14,15,16). The van der Waals surface area contributed by atoms with Crippen LogP contribution in [0, 0.1) is 5.41 Å². The van der Waals surface area contributed by atoms with Gasteiger partial charge in [0.25, 0.3) is 0 Å². The Morgan fingerprint density at radius 1 is 1.18 bits per heavy atom. The average Bonchev–Trinajstić information content (AvgIpc) is 2.15. The van der Waals surface area contributed by atoms with Gasteiger partial charge in [0.2, 0.25) is 5.88 Å². The first-order chi connectivity index (χ1) is 7.79. The fourth-order valence-electron chi connectivity index (χ4n) is 1.16. The molecule has 0 saturated heterocycles. The molecule has 1 atom stereocenters. The summed E-state index contributed by atoms with van der Waals surface area (Å²) < 4.78 is 5.53. The van der Waals surface area contributed by atoms with Crippen molar-refractivity contribution < 1.29 is 4.74 Å². The van der Waals surface area contributed by atoms with E-state index in [1.165, 1.54) is 6.33 Å². The summed E-state index contributed by atoms with van der Waals surface area (Å²) in [6.07, 6.45) is 1.65. The molecule has 1 rings (SSSR count). The maximum Gasteiger partial charge on any atom is 0.218 e. The molecule has 17 heavy (non-hydrogen) atoms. The molecule has 0 spiro atoms. The van der Waals surface area contributed by atoms with E-state index >= 15 is 0 Å². The molecule has 0 aliphatic heterocycles. The number of rotatable bonds is 4. The Balaban J connectivity index is 2.72. The van der Waals surface area contributed by atoms with Gasteiger partial charge in [0, 0.05) is 12.1 Å². The number of aromatic nitrogens is 2. The van der Waals surface area contributed by atoms with Crippen LogP contribution in [-0.4, -0.2) is 22.1 Å². The van der Waals surface area contributed by atoms with E-state index in [4.69, 9.17) is 4.74 Å². The first-order valence-electron chi connectivity index (χ1n) is 6.04. The molecule has 0 aliphatic rings. The van der Waals surface area contributed by atoms with Gasteiger partial charge in [-0.1, -0.05) is 20.8 Å². The number of hydrogen-bond acceptors (Lipinski definition) is 4. The Bertz CT molecular complexity index is 358. The fourth-order valence-corrected chi connectivity index (χ4v) is 1.16. The number of hydrogen-bond donors (Lipinski definition) is 1. The normalized spacial score (nSPS) is 13.6. The zero-order chi connectivity index (χ0) is 13.1. The van der Waals surface area contributed by atoms with Crippen molar-refractivity contribution >= 4 is 5.82 Å². The maximum absolute atomic E-state index is 5.53. The van der Waals surface area contributed by atoms with Gasteiger partial charge in [-0.2, -0.15) is 0 Å². The smallest absolute Gasteiger partial charge is 0.218 e. The molecule has 0 fully saturated rings. The Morgan fingerprint density at radius 3 is 2.35 bits per heavy atom. The fraction of sp³-hybridized carbons (Fsp3) is 0.692. The molecular formula is C13H23N3O. The van der Waals surface area contributed by atoms with Crippen LogP contribution in [0.3, 0.4) is 0 Å². The molecule has 0 radical (unpaired) electrons. The molecular weight excluding hydrogens is 214 g/mol. The summed E-state index contributed by atoms with van der Waals surface area (Å²) in [6.45, 7) is 12.7. The largest absolute Gasteiger partial charge is 0.475 e. The second-order valence-electron chi connectivity index (χ2n) is 5.64. The molecule has 1 heterocycles. The molecule has 0 aromatic carbocycles. The van der Waals surface area contributed by atoms with Crippen molar-refractivity contribution in [3.63, 3.8) is 0 Å². The van der Waals surface area contributed by atoms with Crippen molar-refractivity contribution in [1.82, 2.24) is 9.97 Å². The molecule has 4 nitrogen and oxygen atoms in total. The molecule has 0 aliphatic carbocycles. The van der Waals surface area contributed by atoms with Crippen molar-refractivity contribution in [2.24, 2.45) is 5.41 Å². The molecule has 1 aromatic rings. The second kappa shape index (κ2) is 5.34. The number of nitrogens with one attached hydrogen (secondary N) is 1. The molecule has 4 heteroatoms. The van der Waals surface area contributed by atoms with Crippen LogP contribution < -0.4 is 10.1 Å². The van der Waals surface area contributed by atoms with E-state index in [1.807, 2.05) is 19.9 Å². The van der Waals surface area contributed by atoms with Crippen LogP contribution in [0.4, 0.5) is 5.82 Å².